The highest BCUT2D eigenvalue weighted by molar-refractivity contribution is 5.47. The second-order valence-corrected chi connectivity index (χ2v) is 2.63. The van der Waals surface area contributed by atoms with E-state index in [-0.39, 0.29) is 0 Å². The molecule has 2 rings (SSSR count). The molecule has 0 unspecified atom stereocenters. The summed E-state index contributed by atoms with van der Waals surface area (Å²) in [6.07, 6.45) is 2.43. The number of nitrogens with zero attached hydrogens (tertiary/aromatic N) is 2. The molecule has 13 heavy (non-hydrogen) atoms. The molecule has 2 aromatic heterocycles. The van der Waals surface area contributed by atoms with Crippen molar-refractivity contribution in [3.8, 4) is 11.5 Å². The predicted molar refractivity (Wildman–Crippen MR) is 46.8 cm³/mol. The van der Waals surface area contributed by atoms with Crippen LogP contribution in [0.5, 0.6) is 0 Å². The third-order valence-corrected chi connectivity index (χ3v) is 1.67. The largest absolute Gasteiger partial charge is 0.359 e. The van der Waals surface area contributed by atoms with Gasteiger partial charge in [-0.05, 0) is 12.1 Å². The summed E-state index contributed by atoms with van der Waals surface area (Å²) in [7, 11) is 0. The third-order valence-electron chi connectivity index (χ3n) is 1.67. The van der Waals surface area contributed by atoms with Crippen LogP contribution >= 0.6 is 0 Å². The van der Waals surface area contributed by atoms with Crippen LogP contribution in [0.25, 0.3) is 11.5 Å². The Labute approximate surface area is 75.0 Å². The molecule has 5 heteroatoms. The van der Waals surface area contributed by atoms with Crippen molar-refractivity contribution in [2.24, 2.45) is 5.73 Å². The van der Waals surface area contributed by atoms with Crippen LogP contribution in [0.2, 0.25) is 0 Å². The van der Waals surface area contributed by atoms with Gasteiger partial charge in [0.25, 0.3) is 0 Å². The van der Waals surface area contributed by atoms with E-state index in [0.717, 1.165) is 5.69 Å². The Balaban J connectivity index is 2.23. The molecule has 68 valence electrons. The molecular formula is C8H10N4O. The molecule has 0 spiro atoms. The Morgan fingerprint density at radius 1 is 1.54 bits per heavy atom. The molecule has 0 aromatic carbocycles. The summed E-state index contributed by atoms with van der Waals surface area (Å²) in [6, 6.07) is 3.77. The number of hydrogen-bond donors (Lipinski definition) is 2. The van der Waals surface area contributed by atoms with E-state index in [9.17, 15) is 0 Å². The van der Waals surface area contributed by atoms with Crippen LogP contribution in [-0.4, -0.2) is 21.7 Å². The van der Waals surface area contributed by atoms with Gasteiger partial charge in [0.15, 0.2) is 0 Å². The van der Waals surface area contributed by atoms with E-state index in [1.54, 1.807) is 0 Å². The van der Waals surface area contributed by atoms with Gasteiger partial charge in [-0.25, -0.2) is 0 Å². The van der Waals surface area contributed by atoms with E-state index in [4.69, 9.17) is 10.3 Å². The summed E-state index contributed by atoms with van der Waals surface area (Å²) >= 11 is 0. The average Bonchev–Trinajstić information content (AvgIpc) is 2.70. The minimum Gasteiger partial charge on any atom is -0.359 e. The van der Waals surface area contributed by atoms with Gasteiger partial charge >= 0.3 is 0 Å². The van der Waals surface area contributed by atoms with Gasteiger partial charge < -0.3 is 15.2 Å². The fraction of sp³-hybridized carbons (Fsp3) is 0.250. The standard InChI is InChI=1S/C8H10N4O/c9-4-3-7-11-8(12-13-7)6-2-1-5-10-6/h1-2,5,10H,3-4,9H2. The van der Waals surface area contributed by atoms with Crippen molar-refractivity contribution in [3.05, 3.63) is 24.2 Å². The van der Waals surface area contributed by atoms with Gasteiger partial charge in [-0.1, -0.05) is 5.16 Å². The van der Waals surface area contributed by atoms with E-state index >= 15 is 0 Å². The summed E-state index contributed by atoms with van der Waals surface area (Å²) < 4.78 is 4.97. The van der Waals surface area contributed by atoms with Gasteiger partial charge in [0.2, 0.25) is 11.7 Å². The lowest BCUT2D eigenvalue weighted by Gasteiger charge is -1.85. The summed E-state index contributed by atoms with van der Waals surface area (Å²) in [5.41, 5.74) is 6.21. The topological polar surface area (TPSA) is 80.7 Å². The Bertz CT molecular complexity index is 365. The Morgan fingerprint density at radius 2 is 2.46 bits per heavy atom. The molecule has 2 heterocycles. The second-order valence-electron chi connectivity index (χ2n) is 2.63. The van der Waals surface area contributed by atoms with Crippen LogP contribution in [0, 0.1) is 0 Å². The quantitative estimate of drug-likeness (QED) is 0.719. The zero-order valence-electron chi connectivity index (χ0n) is 7.03. The van der Waals surface area contributed by atoms with Gasteiger partial charge in [0.1, 0.15) is 0 Å². The lowest BCUT2D eigenvalue weighted by Crippen LogP contribution is -2.02. The highest BCUT2D eigenvalue weighted by atomic mass is 16.5. The van der Waals surface area contributed by atoms with Crippen molar-refractivity contribution in [1.82, 2.24) is 15.1 Å². The summed E-state index contributed by atoms with van der Waals surface area (Å²) in [5.74, 6) is 1.15. The maximum atomic E-state index is 5.35. The lowest BCUT2D eigenvalue weighted by atomic mass is 10.4. The predicted octanol–water partition coefficient (Wildman–Crippen LogP) is 0.566. The monoisotopic (exact) mass is 178 g/mol. The van der Waals surface area contributed by atoms with Crippen LogP contribution in [0.4, 0.5) is 0 Å². The van der Waals surface area contributed by atoms with Crippen LogP contribution < -0.4 is 5.73 Å². The number of hydrogen-bond acceptors (Lipinski definition) is 4. The molecule has 0 saturated carbocycles. The van der Waals surface area contributed by atoms with E-state index in [1.807, 2.05) is 18.3 Å². The highest BCUT2D eigenvalue weighted by Crippen LogP contribution is 2.12. The minimum atomic E-state index is 0.520. The van der Waals surface area contributed by atoms with E-state index in [2.05, 4.69) is 15.1 Å². The van der Waals surface area contributed by atoms with E-state index in [1.165, 1.54) is 0 Å². The molecule has 0 amide bonds. The molecule has 5 nitrogen and oxygen atoms in total. The van der Waals surface area contributed by atoms with E-state index < -0.39 is 0 Å². The van der Waals surface area contributed by atoms with E-state index in [0.29, 0.717) is 24.7 Å². The Hall–Kier alpha value is -1.62. The molecule has 0 bridgehead atoms. The first kappa shape index (κ1) is 8.00. The molecule has 0 atom stereocenters. The maximum Gasteiger partial charge on any atom is 0.228 e. The maximum absolute atomic E-state index is 5.35. The highest BCUT2D eigenvalue weighted by Gasteiger charge is 2.07. The molecule has 0 saturated heterocycles. The van der Waals surface area contributed by atoms with Crippen molar-refractivity contribution >= 4 is 0 Å². The molecular weight excluding hydrogens is 168 g/mol. The zero-order chi connectivity index (χ0) is 9.10. The van der Waals surface area contributed by atoms with Crippen LogP contribution in [0.3, 0.4) is 0 Å². The fourth-order valence-corrected chi connectivity index (χ4v) is 1.06. The number of nitrogens with one attached hydrogen (secondary N) is 1. The summed E-state index contributed by atoms with van der Waals surface area (Å²) in [6.45, 7) is 0.520. The first-order valence-electron chi connectivity index (χ1n) is 4.06. The first-order valence-corrected chi connectivity index (χ1v) is 4.06. The van der Waals surface area contributed by atoms with Crippen LogP contribution in [0.15, 0.2) is 22.9 Å². The minimum absolute atomic E-state index is 0.520. The third kappa shape index (κ3) is 1.59. The first-order chi connectivity index (χ1) is 6.40. The van der Waals surface area contributed by atoms with Gasteiger partial charge in [-0.15, -0.1) is 0 Å². The molecule has 3 N–H and O–H groups in total. The molecule has 0 aliphatic carbocycles. The number of nitrogens with two attached hydrogens (primary N) is 1. The fourth-order valence-electron chi connectivity index (χ4n) is 1.06. The van der Waals surface area contributed by atoms with Crippen molar-refractivity contribution in [1.29, 1.82) is 0 Å². The summed E-state index contributed by atoms with van der Waals surface area (Å²) in [4.78, 5) is 7.15. The number of aromatic amines is 1. The number of rotatable bonds is 3. The van der Waals surface area contributed by atoms with Crippen molar-refractivity contribution in [3.63, 3.8) is 0 Å². The van der Waals surface area contributed by atoms with Gasteiger partial charge in [0.05, 0.1) is 5.69 Å². The molecule has 2 aromatic rings. The molecule has 0 fully saturated rings. The van der Waals surface area contributed by atoms with Crippen LogP contribution in [-0.2, 0) is 6.42 Å². The number of H-pyrrole nitrogens is 1. The molecule has 0 aliphatic rings. The van der Waals surface area contributed by atoms with Crippen molar-refractivity contribution in [2.45, 2.75) is 6.42 Å². The normalized spacial score (nSPS) is 10.5. The number of aromatic nitrogens is 3. The lowest BCUT2D eigenvalue weighted by molar-refractivity contribution is 0.380. The van der Waals surface area contributed by atoms with Gasteiger partial charge in [-0.2, -0.15) is 4.98 Å². The van der Waals surface area contributed by atoms with Gasteiger partial charge in [0, 0.05) is 19.2 Å². The smallest absolute Gasteiger partial charge is 0.228 e. The Morgan fingerprint density at radius 3 is 3.15 bits per heavy atom. The van der Waals surface area contributed by atoms with Crippen LogP contribution in [0.1, 0.15) is 5.89 Å². The molecule has 0 aliphatic heterocycles. The van der Waals surface area contributed by atoms with Gasteiger partial charge in [-0.3, -0.25) is 0 Å². The summed E-state index contributed by atoms with van der Waals surface area (Å²) in [5, 5.41) is 3.80. The molecule has 0 radical (unpaired) electrons. The SMILES string of the molecule is NCCc1nc(-c2ccc[nH]2)no1. The van der Waals surface area contributed by atoms with Crippen molar-refractivity contribution in [2.75, 3.05) is 6.54 Å². The van der Waals surface area contributed by atoms with Crippen molar-refractivity contribution < 1.29 is 4.52 Å². The zero-order valence-corrected chi connectivity index (χ0v) is 7.03. The second kappa shape index (κ2) is 3.40. The Kier molecular flexibility index (Phi) is 2.09. The average molecular weight is 178 g/mol.